The number of rotatable bonds is 13. The Morgan fingerprint density at radius 1 is 0.893 bits per heavy atom. The number of carboxylic acids is 1. The van der Waals surface area contributed by atoms with Crippen LogP contribution in [0.5, 0.6) is 0 Å². The summed E-state index contributed by atoms with van der Waals surface area (Å²) in [6, 6.07) is -1.53. The first-order valence-corrected chi connectivity index (χ1v) is 9.40. The molecule has 0 aromatic carbocycles. The molecular weight excluding hydrogens is 373 g/mol. The predicted molar refractivity (Wildman–Crippen MR) is 99.2 cm³/mol. The van der Waals surface area contributed by atoms with Crippen LogP contribution in [0.1, 0.15) is 65.7 Å². The van der Waals surface area contributed by atoms with Crippen molar-refractivity contribution >= 4 is 23.8 Å². The van der Waals surface area contributed by atoms with E-state index < -0.39 is 36.2 Å². The Morgan fingerprint density at radius 2 is 1.36 bits per heavy atom. The van der Waals surface area contributed by atoms with Gasteiger partial charge in [-0.15, -0.1) is 0 Å². The number of unbranched alkanes of at least 4 members (excludes halogenated alkanes) is 2. The number of allylic oxidation sites excluding steroid dienone is 2. The van der Waals surface area contributed by atoms with Gasteiger partial charge in [0.2, 0.25) is 11.8 Å². The van der Waals surface area contributed by atoms with Crippen molar-refractivity contribution in [2.45, 2.75) is 71.8 Å². The van der Waals surface area contributed by atoms with E-state index in [1.807, 2.05) is 13.8 Å². The molecule has 0 rings (SSSR count). The molecule has 0 saturated carbocycles. The molecule has 1 unspecified atom stereocenters. The van der Waals surface area contributed by atoms with Crippen LogP contribution in [-0.4, -0.2) is 41.3 Å². The van der Waals surface area contributed by atoms with Gasteiger partial charge < -0.3 is 14.6 Å². The summed E-state index contributed by atoms with van der Waals surface area (Å²) in [6.07, 6.45) is 9.20. The molecule has 8 heteroatoms. The largest absolute Gasteiger partial charge is 1.00 e. The van der Waals surface area contributed by atoms with Crippen molar-refractivity contribution in [1.82, 2.24) is 4.90 Å². The first-order valence-electron chi connectivity index (χ1n) is 9.40. The Balaban J connectivity index is 0. The fraction of sp³-hybridized carbons (Fsp3) is 0.600. The van der Waals surface area contributed by atoms with Crippen LogP contribution in [-0.2, 0) is 23.9 Å². The molecule has 0 radical (unpaired) electrons. The molecule has 28 heavy (non-hydrogen) atoms. The average molecular weight is 403 g/mol. The van der Waals surface area contributed by atoms with E-state index in [4.69, 9.17) is 4.74 Å². The molecule has 152 valence electrons. The van der Waals surface area contributed by atoms with E-state index in [2.05, 4.69) is 0 Å². The maximum absolute atomic E-state index is 12.6. The molecule has 2 amide bonds. The van der Waals surface area contributed by atoms with E-state index in [1.165, 1.54) is 0 Å². The summed E-state index contributed by atoms with van der Waals surface area (Å²) in [5, 5.41) is 11.1. The van der Waals surface area contributed by atoms with Gasteiger partial charge in [-0.3, -0.25) is 14.5 Å². The number of aliphatic carboxylic acids is 1. The number of amides is 2. The molecule has 1 atom stereocenters. The van der Waals surface area contributed by atoms with Crippen LogP contribution in [0.15, 0.2) is 24.3 Å². The summed E-state index contributed by atoms with van der Waals surface area (Å²) < 4.78 is 4.86. The van der Waals surface area contributed by atoms with Crippen molar-refractivity contribution in [3.8, 4) is 0 Å². The van der Waals surface area contributed by atoms with Gasteiger partial charge in [0.1, 0.15) is 6.04 Å². The van der Waals surface area contributed by atoms with Crippen LogP contribution < -0.4 is 34.7 Å². The topological polar surface area (TPSA) is 104 Å². The quantitative estimate of drug-likeness (QED) is 0.220. The zero-order chi connectivity index (χ0) is 20.7. The molecule has 0 aliphatic carbocycles. The van der Waals surface area contributed by atoms with Gasteiger partial charge in [-0.2, -0.15) is 0 Å². The molecule has 7 nitrogen and oxygen atoms in total. The van der Waals surface area contributed by atoms with Gasteiger partial charge in [-0.25, -0.2) is 4.79 Å². The SMILES string of the molecule is CCC/C=C/CC(=O)N(C(=O)C/C=C/CCC)C(CC(=O)[O-])C(=O)OCC.[Na+]. The molecule has 0 fully saturated rings. The molecule has 0 aromatic rings. The van der Waals surface area contributed by atoms with Crippen LogP contribution in [0, 0.1) is 0 Å². The van der Waals surface area contributed by atoms with Gasteiger partial charge in [0.05, 0.1) is 6.61 Å². The van der Waals surface area contributed by atoms with Crippen molar-refractivity contribution in [2.75, 3.05) is 6.61 Å². The number of carbonyl (C=O) groups excluding carboxylic acids is 4. The fourth-order valence-electron chi connectivity index (χ4n) is 2.30. The summed E-state index contributed by atoms with van der Waals surface area (Å²) >= 11 is 0. The number of carbonyl (C=O) groups is 4. The Morgan fingerprint density at radius 3 is 1.71 bits per heavy atom. The van der Waals surface area contributed by atoms with E-state index >= 15 is 0 Å². The molecule has 0 bridgehead atoms. The second kappa shape index (κ2) is 17.6. The maximum atomic E-state index is 12.6. The van der Waals surface area contributed by atoms with Gasteiger partial charge in [0, 0.05) is 25.2 Å². The average Bonchev–Trinajstić information content (AvgIpc) is 2.61. The molecule has 0 saturated heterocycles. The first-order chi connectivity index (χ1) is 12.9. The Kier molecular flexibility index (Phi) is 18.1. The maximum Gasteiger partial charge on any atom is 1.00 e. The van der Waals surface area contributed by atoms with Gasteiger partial charge in [0.25, 0.3) is 0 Å². The molecule has 0 aromatic heterocycles. The predicted octanol–water partition coefficient (Wildman–Crippen LogP) is -1.09. The second-order valence-electron chi connectivity index (χ2n) is 5.93. The number of nitrogens with zero attached hydrogens (tertiary/aromatic N) is 1. The standard InChI is InChI=1S/C20H31NO6.Na/c1-4-7-9-11-13-17(22)21(18(23)14-12-10-8-5-2)16(15-19(24)25)20(26)27-6-3;/h9-12,16H,4-8,13-15H2,1-3H3,(H,24,25);/q;+1/p-1/b11-9+,12-10+;. The molecule has 0 aliphatic heterocycles. The van der Waals surface area contributed by atoms with Gasteiger partial charge in [0.15, 0.2) is 0 Å². The van der Waals surface area contributed by atoms with Crippen LogP contribution in [0.3, 0.4) is 0 Å². The van der Waals surface area contributed by atoms with Crippen molar-refractivity contribution in [3.05, 3.63) is 24.3 Å². The van der Waals surface area contributed by atoms with Crippen LogP contribution >= 0.6 is 0 Å². The number of hydrogen-bond acceptors (Lipinski definition) is 6. The van der Waals surface area contributed by atoms with Crippen molar-refractivity contribution < 1.29 is 58.6 Å². The van der Waals surface area contributed by atoms with Gasteiger partial charge >= 0.3 is 35.5 Å². The van der Waals surface area contributed by atoms with E-state index in [0.29, 0.717) is 4.90 Å². The summed E-state index contributed by atoms with van der Waals surface area (Å²) in [7, 11) is 0. The minimum Gasteiger partial charge on any atom is -0.550 e. The number of ether oxygens (including phenoxy) is 1. The van der Waals surface area contributed by atoms with E-state index in [0.717, 1.165) is 25.7 Å². The Hall–Kier alpha value is -1.44. The number of esters is 1. The van der Waals surface area contributed by atoms with Crippen LogP contribution in [0.4, 0.5) is 0 Å². The molecule has 0 spiro atoms. The second-order valence-corrected chi connectivity index (χ2v) is 5.93. The van der Waals surface area contributed by atoms with E-state index in [9.17, 15) is 24.3 Å². The zero-order valence-electron chi connectivity index (χ0n) is 17.4. The summed E-state index contributed by atoms with van der Waals surface area (Å²) in [5.74, 6) is -3.76. The Bertz CT molecular complexity index is 529. The van der Waals surface area contributed by atoms with E-state index in [-0.39, 0.29) is 49.0 Å². The zero-order valence-corrected chi connectivity index (χ0v) is 19.4. The van der Waals surface area contributed by atoms with Gasteiger partial charge in [-0.05, 0) is 19.8 Å². The van der Waals surface area contributed by atoms with Crippen molar-refractivity contribution in [1.29, 1.82) is 0 Å². The fourth-order valence-corrected chi connectivity index (χ4v) is 2.30. The summed E-state index contributed by atoms with van der Waals surface area (Å²) in [4.78, 5) is 49.1. The summed E-state index contributed by atoms with van der Waals surface area (Å²) in [5.41, 5.74) is 0. The van der Waals surface area contributed by atoms with Gasteiger partial charge in [-0.1, -0.05) is 51.0 Å². The van der Waals surface area contributed by atoms with Crippen molar-refractivity contribution in [2.24, 2.45) is 0 Å². The molecule has 0 aliphatic rings. The minimum atomic E-state index is -1.54. The molecule has 0 N–H and O–H groups in total. The van der Waals surface area contributed by atoms with Crippen molar-refractivity contribution in [3.63, 3.8) is 0 Å². The third kappa shape index (κ3) is 12.1. The third-order valence-electron chi connectivity index (χ3n) is 3.60. The number of imide groups is 1. The minimum absolute atomic E-state index is 0. The van der Waals surface area contributed by atoms with E-state index in [1.54, 1.807) is 31.2 Å². The number of carboxylic acid groups (broad SMARTS) is 1. The first kappa shape index (κ1) is 28.8. The molecule has 0 heterocycles. The Labute approximate surface area is 189 Å². The normalized spacial score (nSPS) is 11.8. The number of hydrogen-bond donors (Lipinski definition) is 0. The van der Waals surface area contributed by atoms with Crippen LogP contribution in [0.25, 0.3) is 0 Å². The third-order valence-corrected chi connectivity index (χ3v) is 3.60. The van der Waals surface area contributed by atoms with Crippen LogP contribution in [0.2, 0.25) is 0 Å². The smallest absolute Gasteiger partial charge is 0.550 e. The molecular formula is C20H30NNaO6. The monoisotopic (exact) mass is 403 g/mol. The summed E-state index contributed by atoms with van der Waals surface area (Å²) in [6.45, 7) is 5.54.